The average molecular weight is 411 g/mol. The predicted octanol–water partition coefficient (Wildman–Crippen LogP) is 1.65. The van der Waals surface area contributed by atoms with Crippen molar-refractivity contribution in [3.8, 4) is 17.0 Å². The summed E-state index contributed by atoms with van der Waals surface area (Å²) in [7, 11) is 3.76. The molecule has 8 heteroatoms. The molecule has 1 N–H and O–H groups in total. The number of rotatable bonds is 5. The van der Waals surface area contributed by atoms with E-state index in [1.165, 1.54) is 0 Å². The lowest BCUT2D eigenvalue weighted by molar-refractivity contribution is -0.131. The molecule has 0 aliphatic carbocycles. The maximum Gasteiger partial charge on any atom is 0.239 e. The van der Waals surface area contributed by atoms with E-state index in [0.717, 1.165) is 68.4 Å². The number of anilines is 1. The molecule has 1 aromatic heterocycles. The van der Waals surface area contributed by atoms with E-state index in [1.807, 2.05) is 41.4 Å². The highest BCUT2D eigenvalue weighted by Crippen LogP contribution is 2.24. The number of hydrogen-bond acceptors (Lipinski definition) is 7. The van der Waals surface area contributed by atoms with Crippen molar-refractivity contribution < 1.29 is 9.53 Å². The van der Waals surface area contributed by atoms with Gasteiger partial charge in [0.05, 0.1) is 18.7 Å². The maximum atomic E-state index is 12.8. The van der Waals surface area contributed by atoms with Gasteiger partial charge in [0.2, 0.25) is 5.91 Å². The number of amides is 1. The van der Waals surface area contributed by atoms with Crippen molar-refractivity contribution in [2.75, 3.05) is 58.3 Å². The van der Waals surface area contributed by atoms with Gasteiger partial charge in [0, 0.05) is 44.8 Å². The SMILES string of the molecule is COc1ccc(-c2ccc(N3CCC[C@@H](C(=O)NN4CCN(C)CC4)C3)nn2)cc1. The molecule has 160 valence electrons. The van der Waals surface area contributed by atoms with E-state index in [9.17, 15) is 4.79 Å². The van der Waals surface area contributed by atoms with Crippen molar-refractivity contribution >= 4 is 11.7 Å². The number of nitrogens with one attached hydrogen (secondary N) is 1. The molecule has 30 heavy (non-hydrogen) atoms. The molecule has 2 aliphatic rings. The van der Waals surface area contributed by atoms with E-state index in [2.05, 4.69) is 32.5 Å². The van der Waals surface area contributed by atoms with Gasteiger partial charge in [-0.2, -0.15) is 0 Å². The maximum absolute atomic E-state index is 12.8. The Morgan fingerprint density at radius 3 is 2.47 bits per heavy atom. The van der Waals surface area contributed by atoms with Gasteiger partial charge >= 0.3 is 0 Å². The second-order valence-corrected chi connectivity index (χ2v) is 8.06. The van der Waals surface area contributed by atoms with Gasteiger partial charge in [0.15, 0.2) is 5.82 Å². The molecule has 0 saturated carbocycles. The Kier molecular flexibility index (Phi) is 6.44. The third-order valence-corrected chi connectivity index (χ3v) is 5.92. The molecule has 1 aromatic carbocycles. The lowest BCUT2D eigenvalue weighted by atomic mass is 9.97. The van der Waals surface area contributed by atoms with E-state index in [1.54, 1.807) is 7.11 Å². The zero-order valence-electron chi connectivity index (χ0n) is 17.8. The topological polar surface area (TPSA) is 73.8 Å². The Labute approximate surface area is 177 Å². The van der Waals surface area contributed by atoms with Gasteiger partial charge in [0.25, 0.3) is 0 Å². The van der Waals surface area contributed by atoms with Crippen LogP contribution in [0.3, 0.4) is 0 Å². The molecule has 0 spiro atoms. The van der Waals surface area contributed by atoms with Gasteiger partial charge in [-0.3, -0.25) is 10.2 Å². The second kappa shape index (κ2) is 9.40. The minimum Gasteiger partial charge on any atom is -0.497 e. The molecule has 0 radical (unpaired) electrons. The summed E-state index contributed by atoms with van der Waals surface area (Å²) in [5.74, 6) is 1.73. The number of likely N-dealkylation sites (N-methyl/N-ethyl adjacent to an activating group) is 1. The number of carbonyl (C=O) groups excluding carboxylic acids is 1. The first-order valence-electron chi connectivity index (χ1n) is 10.6. The highest BCUT2D eigenvalue weighted by Gasteiger charge is 2.28. The van der Waals surface area contributed by atoms with E-state index >= 15 is 0 Å². The summed E-state index contributed by atoms with van der Waals surface area (Å²) in [6.07, 6.45) is 1.89. The zero-order valence-corrected chi connectivity index (χ0v) is 17.8. The first-order valence-corrected chi connectivity index (χ1v) is 10.6. The minimum atomic E-state index is -0.0264. The minimum absolute atomic E-state index is 0.0264. The van der Waals surface area contributed by atoms with Crippen molar-refractivity contribution in [3.05, 3.63) is 36.4 Å². The number of hydrazine groups is 1. The Balaban J connectivity index is 1.36. The van der Waals surface area contributed by atoms with Crippen molar-refractivity contribution in [2.45, 2.75) is 12.8 Å². The fraction of sp³-hybridized carbons (Fsp3) is 0.500. The van der Waals surface area contributed by atoms with Crippen LogP contribution in [0.15, 0.2) is 36.4 Å². The summed E-state index contributed by atoms with van der Waals surface area (Å²) in [5, 5.41) is 10.9. The van der Waals surface area contributed by atoms with Crippen LogP contribution in [-0.2, 0) is 4.79 Å². The fourth-order valence-electron chi connectivity index (χ4n) is 3.97. The Morgan fingerprint density at radius 2 is 1.80 bits per heavy atom. The quantitative estimate of drug-likeness (QED) is 0.803. The van der Waals surface area contributed by atoms with E-state index < -0.39 is 0 Å². The average Bonchev–Trinajstić information content (AvgIpc) is 2.81. The smallest absolute Gasteiger partial charge is 0.239 e. The molecule has 2 aliphatic heterocycles. The zero-order chi connectivity index (χ0) is 20.9. The molecule has 4 rings (SSSR count). The number of aromatic nitrogens is 2. The number of piperazine rings is 1. The molecule has 3 heterocycles. The summed E-state index contributed by atoms with van der Waals surface area (Å²) >= 11 is 0. The van der Waals surface area contributed by atoms with E-state index in [-0.39, 0.29) is 11.8 Å². The molecular formula is C22H30N6O2. The predicted molar refractivity (Wildman–Crippen MR) is 116 cm³/mol. The van der Waals surface area contributed by atoms with Crippen LogP contribution in [-0.4, -0.2) is 79.4 Å². The molecule has 0 bridgehead atoms. The number of methoxy groups -OCH3 is 1. The van der Waals surface area contributed by atoms with Crippen LogP contribution in [0.4, 0.5) is 5.82 Å². The number of piperidine rings is 1. The number of hydrogen-bond donors (Lipinski definition) is 1. The largest absolute Gasteiger partial charge is 0.497 e. The molecule has 2 saturated heterocycles. The normalized spacial score (nSPS) is 20.7. The van der Waals surface area contributed by atoms with Crippen LogP contribution in [0, 0.1) is 5.92 Å². The third kappa shape index (κ3) is 4.88. The van der Waals surface area contributed by atoms with E-state index in [4.69, 9.17) is 4.74 Å². The summed E-state index contributed by atoms with van der Waals surface area (Å²) in [4.78, 5) is 17.2. The van der Waals surface area contributed by atoms with Gasteiger partial charge in [-0.05, 0) is 56.3 Å². The molecule has 8 nitrogen and oxygen atoms in total. The van der Waals surface area contributed by atoms with Crippen molar-refractivity contribution in [3.63, 3.8) is 0 Å². The monoisotopic (exact) mass is 410 g/mol. The van der Waals surface area contributed by atoms with Crippen LogP contribution in [0.1, 0.15) is 12.8 Å². The van der Waals surface area contributed by atoms with Crippen molar-refractivity contribution in [1.29, 1.82) is 0 Å². The molecule has 1 amide bonds. The van der Waals surface area contributed by atoms with Crippen LogP contribution in [0.25, 0.3) is 11.3 Å². The summed E-state index contributed by atoms with van der Waals surface area (Å²) in [6, 6.07) is 11.8. The van der Waals surface area contributed by atoms with Crippen LogP contribution < -0.4 is 15.1 Å². The lowest BCUT2D eigenvalue weighted by Crippen LogP contribution is -2.55. The highest BCUT2D eigenvalue weighted by atomic mass is 16.5. The summed E-state index contributed by atoms with van der Waals surface area (Å²) in [6.45, 7) is 5.28. The number of nitrogens with zero attached hydrogens (tertiary/aromatic N) is 5. The molecule has 0 unspecified atom stereocenters. The van der Waals surface area contributed by atoms with E-state index in [0.29, 0.717) is 6.54 Å². The van der Waals surface area contributed by atoms with Gasteiger partial charge in [-0.1, -0.05) is 0 Å². The van der Waals surface area contributed by atoms with Gasteiger partial charge in [-0.25, -0.2) is 5.01 Å². The van der Waals surface area contributed by atoms with Crippen LogP contribution in [0.2, 0.25) is 0 Å². The Hall–Kier alpha value is -2.71. The van der Waals surface area contributed by atoms with Gasteiger partial charge in [-0.15, -0.1) is 10.2 Å². The molecule has 2 fully saturated rings. The number of ether oxygens (including phenoxy) is 1. The van der Waals surface area contributed by atoms with Gasteiger partial charge < -0.3 is 14.5 Å². The Morgan fingerprint density at radius 1 is 1.03 bits per heavy atom. The fourth-order valence-corrected chi connectivity index (χ4v) is 3.97. The van der Waals surface area contributed by atoms with Crippen molar-refractivity contribution in [2.24, 2.45) is 5.92 Å². The van der Waals surface area contributed by atoms with Crippen LogP contribution >= 0.6 is 0 Å². The molecular weight excluding hydrogens is 380 g/mol. The van der Waals surface area contributed by atoms with Crippen molar-refractivity contribution in [1.82, 2.24) is 25.5 Å². The highest BCUT2D eigenvalue weighted by molar-refractivity contribution is 5.79. The summed E-state index contributed by atoms with van der Waals surface area (Å²) in [5.41, 5.74) is 4.94. The first kappa shape index (κ1) is 20.6. The Bertz CT molecular complexity index is 834. The first-order chi connectivity index (χ1) is 14.6. The molecule has 1 atom stereocenters. The van der Waals surface area contributed by atoms with Gasteiger partial charge in [0.1, 0.15) is 5.75 Å². The molecule has 2 aromatic rings. The second-order valence-electron chi connectivity index (χ2n) is 8.06. The third-order valence-electron chi connectivity index (χ3n) is 5.92. The lowest BCUT2D eigenvalue weighted by Gasteiger charge is -2.36. The number of carbonyl (C=O) groups is 1. The van der Waals surface area contributed by atoms with Crippen LogP contribution in [0.5, 0.6) is 5.75 Å². The summed E-state index contributed by atoms with van der Waals surface area (Å²) < 4.78 is 5.20. The standard InChI is InChI=1S/C22H30N6O2/c1-26-12-14-28(15-13-26)25-22(29)18-4-3-11-27(16-18)21-10-9-20(23-24-21)17-5-7-19(30-2)8-6-17/h5-10,18H,3-4,11-16H2,1-2H3,(H,25,29)/t18-/m1/s1. The number of benzene rings is 1.